The van der Waals surface area contributed by atoms with Gasteiger partial charge in [0, 0.05) is 23.1 Å². The number of hydrogen-bond donors (Lipinski definition) is 1. The van der Waals surface area contributed by atoms with Crippen LogP contribution in [0, 0.1) is 0 Å². The molecule has 158 valence electrons. The Balaban J connectivity index is 1.43. The van der Waals surface area contributed by atoms with Crippen LogP contribution in [0.15, 0.2) is 88.6 Å². The molecule has 0 unspecified atom stereocenters. The molecule has 0 bridgehead atoms. The zero-order valence-electron chi connectivity index (χ0n) is 17.1. The number of thiophene rings is 1. The van der Waals surface area contributed by atoms with Crippen LogP contribution in [-0.4, -0.2) is 24.7 Å². The van der Waals surface area contributed by atoms with E-state index in [4.69, 9.17) is 4.98 Å². The standard InChI is InChI=1S/C24H19N5OS2/c1-2-13-29-21(17-11-7-4-8-12-17)27-28-24(29)32-15-19-25-22(30)20-18(14-31-23(20)26-19)16-9-5-3-6-10-16/h2-12,14H,1,13,15H2,(H,25,26,30). The predicted molar refractivity (Wildman–Crippen MR) is 131 cm³/mol. The highest BCUT2D eigenvalue weighted by Crippen LogP contribution is 2.31. The van der Waals surface area contributed by atoms with E-state index in [-0.39, 0.29) is 5.56 Å². The second-order valence-corrected chi connectivity index (χ2v) is 8.87. The van der Waals surface area contributed by atoms with E-state index in [1.54, 1.807) is 0 Å². The molecule has 0 atom stereocenters. The van der Waals surface area contributed by atoms with Gasteiger partial charge in [-0.25, -0.2) is 4.98 Å². The summed E-state index contributed by atoms with van der Waals surface area (Å²) < 4.78 is 2.02. The minimum atomic E-state index is -0.122. The number of nitrogens with zero attached hydrogens (tertiary/aromatic N) is 4. The van der Waals surface area contributed by atoms with Gasteiger partial charge in [0.25, 0.3) is 5.56 Å². The summed E-state index contributed by atoms with van der Waals surface area (Å²) in [6.45, 7) is 4.45. The number of aromatic nitrogens is 5. The lowest BCUT2D eigenvalue weighted by molar-refractivity contribution is 0.730. The summed E-state index contributed by atoms with van der Waals surface area (Å²) >= 11 is 2.97. The minimum absolute atomic E-state index is 0.122. The summed E-state index contributed by atoms with van der Waals surface area (Å²) in [4.78, 5) is 21.3. The molecule has 0 aliphatic rings. The molecule has 5 rings (SSSR count). The van der Waals surface area contributed by atoms with Gasteiger partial charge in [-0.2, -0.15) is 0 Å². The number of nitrogens with one attached hydrogen (secondary N) is 1. The summed E-state index contributed by atoms with van der Waals surface area (Å²) in [6.07, 6.45) is 1.82. The van der Waals surface area contributed by atoms with Crippen molar-refractivity contribution < 1.29 is 0 Å². The fourth-order valence-electron chi connectivity index (χ4n) is 3.51. The molecule has 0 saturated carbocycles. The Morgan fingerprint density at radius 2 is 1.75 bits per heavy atom. The van der Waals surface area contributed by atoms with Crippen molar-refractivity contribution in [2.45, 2.75) is 17.5 Å². The van der Waals surface area contributed by atoms with Crippen LogP contribution in [0.4, 0.5) is 0 Å². The number of rotatable bonds is 7. The second-order valence-electron chi connectivity index (χ2n) is 7.07. The monoisotopic (exact) mass is 457 g/mol. The van der Waals surface area contributed by atoms with Crippen molar-refractivity contribution in [1.82, 2.24) is 24.7 Å². The third-order valence-corrected chi connectivity index (χ3v) is 6.83. The molecule has 0 radical (unpaired) electrons. The van der Waals surface area contributed by atoms with Crippen LogP contribution in [0.5, 0.6) is 0 Å². The summed E-state index contributed by atoms with van der Waals surface area (Å²) in [5, 5.41) is 12.1. The fraction of sp³-hybridized carbons (Fsp3) is 0.0833. The van der Waals surface area contributed by atoms with E-state index < -0.39 is 0 Å². The average molecular weight is 458 g/mol. The Kier molecular flexibility index (Phi) is 5.70. The van der Waals surface area contributed by atoms with Crippen LogP contribution in [0.3, 0.4) is 0 Å². The van der Waals surface area contributed by atoms with Gasteiger partial charge in [0.1, 0.15) is 10.7 Å². The number of fused-ring (bicyclic) bond motifs is 1. The Labute approximate surface area is 192 Å². The van der Waals surface area contributed by atoms with E-state index in [1.165, 1.54) is 23.1 Å². The van der Waals surface area contributed by atoms with E-state index in [2.05, 4.69) is 21.8 Å². The lowest BCUT2D eigenvalue weighted by Crippen LogP contribution is -2.11. The first-order valence-corrected chi connectivity index (χ1v) is 11.9. The third-order valence-electron chi connectivity index (χ3n) is 4.98. The summed E-state index contributed by atoms with van der Waals surface area (Å²) in [6, 6.07) is 19.8. The Hall–Kier alpha value is -3.49. The number of allylic oxidation sites excluding steroid dienone is 1. The molecule has 2 aromatic carbocycles. The van der Waals surface area contributed by atoms with E-state index in [9.17, 15) is 4.79 Å². The molecule has 3 aromatic heterocycles. The van der Waals surface area contributed by atoms with E-state index in [1.807, 2.05) is 76.7 Å². The topological polar surface area (TPSA) is 76.5 Å². The van der Waals surface area contributed by atoms with Gasteiger partial charge in [-0.05, 0) is 5.56 Å². The van der Waals surface area contributed by atoms with Crippen molar-refractivity contribution in [3.8, 4) is 22.5 Å². The molecule has 8 heteroatoms. The van der Waals surface area contributed by atoms with Crippen molar-refractivity contribution in [2.24, 2.45) is 0 Å². The molecule has 0 saturated heterocycles. The molecule has 1 N–H and O–H groups in total. The number of aromatic amines is 1. The Morgan fingerprint density at radius 3 is 2.47 bits per heavy atom. The fourth-order valence-corrected chi connectivity index (χ4v) is 5.30. The highest BCUT2D eigenvalue weighted by molar-refractivity contribution is 7.98. The predicted octanol–water partition coefficient (Wildman–Crippen LogP) is 5.39. The van der Waals surface area contributed by atoms with E-state index in [0.717, 1.165) is 32.5 Å². The van der Waals surface area contributed by atoms with Gasteiger partial charge in [0.15, 0.2) is 11.0 Å². The molecule has 0 spiro atoms. The van der Waals surface area contributed by atoms with Gasteiger partial charge in [-0.1, -0.05) is 78.5 Å². The van der Waals surface area contributed by atoms with Gasteiger partial charge in [0.05, 0.1) is 11.1 Å². The van der Waals surface area contributed by atoms with E-state index in [0.29, 0.717) is 23.5 Å². The van der Waals surface area contributed by atoms with Gasteiger partial charge in [-0.3, -0.25) is 9.36 Å². The molecule has 0 fully saturated rings. The number of H-pyrrole nitrogens is 1. The third kappa shape index (κ3) is 3.90. The maximum Gasteiger partial charge on any atom is 0.260 e. The van der Waals surface area contributed by atoms with Crippen LogP contribution in [0.2, 0.25) is 0 Å². The SMILES string of the molecule is C=CCn1c(SCc2nc3scc(-c4ccccc4)c3c(=O)[nH]2)nnc1-c1ccccc1. The van der Waals surface area contributed by atoms with Crippen LogP contribution in [-0.2, 0) is 12.3 Å². The number of benzene rings is 2. The first-order valence-electron chi connectivity index (χ1n) is 10.0. The Morgan fingerprint density at radius 1 is 1.03 bits per heavy atom. The summed E-state index contributed by atoms with van der Waals surface area (Å²) in [7, 11) is 0. The minimum Gasteiger partial charge on any atom is -0.309 e. The Bertz CT molecular complexity index is 1440. The molecule has 0 aliphatic carbocycles. The molecule has 0 amide bonds. The molecule has 6 nitrogen and oxygen atoms in total. The van der Waals surface area contributed by atoms with Crippen molar-refractivity contribution in [3.63, 3.8) is 0 Å². The van der Waals surface area contributed by atoms with E-state index >= 15 is 0 Å². The average Bonchev–Trinajstić information content (AvgIpc) is 3.44. The highest BCUT2D eigenvalue weighted by Gasteiger charge is 2.16. The van der Waals surface area contributed by atoms with Gasteiger partial charge in [-0.15, -0.1) is 28.1 Å². The largest absolute Gasteiger partial charge is 0.309 e. The number of thioether (sulfide) groups is 1. The smallest absolute Gasteiger partial charge is 0.260 e. The molecule has 32 heavy (non-hydrogen) atoms. The van der Waals surface area contributed by atoms with Crippen molar-refractivity contribution in [2.75, 3.05) is 0 Å². The van der Waals surface area contributed by atoms with Gasteiger partial charge < -0.3 is 4.98 Å². The molecule has 5 aromatic rings. The maximum atomic E-state index is 12.9. The maximum absolute atomic E-state index is 12.9. The van der Waals surface area contributed by atoms with Crippen LogP contribution < -0.4 is 5.56 Å². The van der Waals surface area contributed by atoms with Crippen molar-refractivity contribution in [1.29, 1.82) is 0 Å². The highest BCUT2D eigenvalue weighted by atomic mass is 32.2. The van der Waals surface area contributed by atoms with Crippen molar-refractivity contribution in [3.05, 3.63) is 94.9 Å². The van der Waals surface area contributed by atoms with Crippen LogP contribution in [0.1, 0.15) is 5.82 Å². The zero-order valence-corrected chi connectivity index (χ0v) is 18.7. The zero-order chi connectivity index (χ0) is 21.9. The summed E-state index contributed by atoms with van der Waals surface area (Å²) in [5.41, 5.74) is 2.80. The van der Waals surface area contributed by atoms with Crippen LogP contribution in [0.25, 0.3) is 32.7 Å². The summed E-state index contributed by atoms with van der Waals surface area (Å²) in [5.74, 6) is 1.88. The quantitative estimate of drug-likeness (QED) is 0.262. The molecular weight excluding hydrogens is 438 g/mol. The van der Waals surface area contributed by atoms with Crippen molar-refractivity contribution >= 4 is 33.3 Å². The number of hydrogen-bond acceptors (Lipinski definition) is 6. The second kappa shape index (κ2) is 8.94. The van der Waals surface area contributed by atoms with Crippen LogP contribution >= 0.6 is 23.1 Å². The normalized spacial score (nSPS) is 11.1. The molecular formula is C24H19N5OS2. The molecule has 0 aliphatic heterocycles. The van der Waals surface area contributed by atoms with Gasteiger partial charge in [0.2, 0.25) is 0 Å². The van der Waals surface area contributed by atoms with Gasteiger partial charge >= 0.3 is 0 Å². The first-order chi connectivity index (χ1) is 15.7. The lowest BCUT2D eigenvalue weighted by Gasteiger charge is -2.07. The molecule has 3 heterocycles. The lowest BCUT2D eigenvalue weighted by atomic mass is 10.1. The first kappa shape index (κ1) is 20.4.